The van der Waals surface area contributed by atoms with Crippen LogP contribution in [0.3, 0.4) is 0 Å². The van der Waals surface area contributed by atoms with E-state index in [1.54, 1.807) is 4.68 Å². The molecule has 6 heteroatoms. The first kappa shape index (κ1) is 11.6. The molecule has 0 aliphatic heterocycles. The van der Waals surface area contributed by atoms with Gasteiger partial charge >= 0.3 is 0 Å². The normalized spacial score (nSPS) is 11.9. The number of nitrogens with zero attached hydrogens (tertiary/aromatic N) is 3. The van der Waals surface area contributed by atoms with Crippen molar-refractivity contribution in [3.63, 3.8) is 0 Å². The summed E-state index contributed by atoms with van der Waals surface area (Å²) in [6.07, 6.45) is 0. The van der Waals surface area contributed by atoms with Crippen LogP contribution in [0.4, 0.5) is 5.82 Å². The Morgan fingerprint density at radius 3 is 2.47 bits per heavy atom. The van der Waals surface area contributed by atoms with Gasteiger partial charge in [-0.05, 0) is 19.8 Å². The summed E-state index contributed by atoms with van der Waals surface area (Å²) in [7, 11) is 0. The monoisotopic (exact) mass is 235 g/mol. The predicted molar refractivity (Wildman–Crippen MR) is 67.0 cm³/mol. The van der Waals surface area contributed by atoms with E-state index in [1.165, 1.54) is 0 Å². The summed E-state index contributed by atoms with van der Waals surface area (Å²) in [4.78, 5) is 11.9. The molecule has 0 saturated heterocycles. The van der Waals surface area contributed by atoms with Gasteiger partial charge in [-0.25, -0.2) is 5.10 Å². The van der Waals surface area contributed by atoms with Crippen LogP contribution >= 0.6 is 0 Å². The van der Waals surface area contributed by atoms with Gasteiger partial charge in [-0.2, -0.15) is 10.2 Å². The molecule has 0 saturated carbocycles. The van der Waals surface area contributed by atoms with Gasteiger partial charge in [0.05, 0.1) is 11.1 Å². The minimum absolute atomic E-state index is 0.135. The summed E-state index contributed by atoms with van der Waals surface area (Å²) in [5.41, 5.74) is 7.00. The van der Waals surface area contributed by atoms with Gasteiger partial charge in [-0.3, -0.25) is 9.48 Å². The van der Waals surface area contributed by atoms with Crippen molar-refractivity contribution in [3.8, 4) is 0 Å². The van der Waals surface area contributed by atoms with Crippen LogP contribution in [0.5, 0.6) is 0 Å². The van der Waals surface area contributed by atoms with E-state index in [-0.39, 0.29) is 17.5 Å². The van der Waals surface area contributed by atoms with Gasteiger partial charge < -0.3 is 5.73 Å². The molecule has 0 radical (unpaired) electrons. The van der Waals surface area contributed by atoms with E-state index < -0.39 is 0 Å². The molecule has 0 aliphatic carbocycles. The molecule has 0 spiro atoms. The topological polar surface area (TPSA) is 89.6 Å². The van der Waals surface area contributed by atoms with Crippen molar-refractivity contribution in [3.05, 3.63) is 16.0 Å². The first-order valence-corrected chi connectivity index (χ1v) is 5.69. The summed E-state index contributed by atoms with van der Waals surface area (Å²) >= 11 is 0. The number of aromatic amines is 1. The Bertz CT molecular complexity index is 608. The molecule has 2 rings (SSSR count). The van der Waals surface area contributed by atoms with E-state index in [4.69, 9.17) is 5.73 Å². The molecule has 0 atom stereocenters. The zero-order chi connectivity index (χ0) is 12.7. The lowest BCUT2D eigenvalue weighted by atomic mass is 10.1. The Kier molecular flexibility index (Phi) is 2.65. The molecule has 0 aliphatic rings. The fraction of sp³-hybridized carbons (Fsp3) is 0.545. The fourth-order valence-corrected chi connectivity index (χ4v) is 1.92. The standard InChI is InChI=1S/C11H17N5O/c1-5(2)8-7-9(16(15-8)6(3)4)10(12)13-14-11(7)17/h5-6H,1-4H3,(H2,12,13)(H,14,17). The van der Waals surface area contributed by atoms with E-state index >= 15 is 0 Å². The molecule has 17 heavy (non-hydrogen) atoms. The van der Waals surface area contributed by atoms with Gasteiger partial charge in [-0.1, -0.05) is 13.8 Å². The second kappa shape index (κ2) is 3.87. The number of fused-ring (bicyclic) bond motifs is 1. The Labute approximate surface area is 98.8 Å². The first-order chi connectivity index (χ1) is 7.93. The number of anilines is 1. The summed E-state index contributed by atoms with van der Waals surface area (Å²) in [6, 6.07) is 0.135. The number of rotatable bonds is 2. The highest BCUT2D eigenvalue weighted by molar-refractivity contribution is 5.89. The third kappa shape index (κ3) is 1.69. The Hall–Kier alpha value is -1.85. The number of nitrogens with one attached hydrogen (secondary N) is 1. The maximum atomic E-state index is 11.9. The Balaban J connectivity index is 2.96. The number of nitrogen functional groups attached to an aromatic ring is 1. The van der Waals surface area contributed by atoms with Gasteiger partial charge in [0.2, 0.25) is 0 Å². The lowest BCUT2D eigenvalue weighted by Crippen LogP contribution is -2.13. The Morgan fingerprint density at radius 1 is 1.29 bits per heavy atom. The average Bonchev–Trinajstić information content (AvgIpc) is 2.64. The van der Waals surface area contributed by atoms with Crippen molar-refractivity contribution in [2.45, 2.75) is 39.7 Å². The van der Waals surface area contributed by atoms with Crippen molar-refractivity contribution in [2.75, 3.05) is 5.73 Å². The third-order valence-corrected chi connectivity index (χ3v) is 2.72. The number of hydrogen-bond donors (Lipinski definition) is 2. The van der Waals surface area contributed by atoms with Crippen molar-refractivity contribution in [2.24, 2.45) is 0 Å². The van der Waals surface area contributed by atoms with Crippen molar-refractivity contribution in [1.82, 2.24) is 20.0 Å². The molecule has 0 unspecified atom stereocenters. The molecule has 0 fully saturated rings. The first-order valence-electron chi connectivity index (χ1n) is 5.69. The van der Waals surface area contributed by atoms with E-state index in [1.807, 2.05) is 27.7 Å². The van der Waals surface area contributed by atoms with Crippen LogP contribution in [0.25, 0.3) is 10.9 Å². The van der Waals surface area contributed by atoms with Crippen molar-refractivity contribution >= 4 is 16.7 Å². The van der Waals surface area contributed by atoms with E-state index in [2.05, 4.69) is 15.3 Å². The van der Waals surface area contributed by atoms with E-state index in [0.717, 1.165) is 5.69 Å². The van der Waals surface area contributed by atoms with Gasteiger partial charge in [0.15, 0.2) is 5.82 Å². The van der Waals surface area contributed by atoms with Gasteiger partial charge in [0.1, 0.15) is 5.52 Å². The van der Waals surface area contributed by atoms with Crippen LogP contribution in [0.15, 0.2) is 4.79 Å². The second-order valence-corrected chi connectivity index (χ2v) is 4.74. The van der Waals surface area contributed by atoms with Gasteiger partial charge in [0, 0.05) is 6.04 Å². The molecule has 92 valence electrons. The highest BCUT2D eigenvalue weighted by atomic mass is 16.1. The SMILES string of the molecule is CC(C)c1nn(C(C)C)c2c(N)n[nH]c(=O)c12. The van der Waals surface area contributed by atoms with Gasteiger partial charge in [0.25, 0.3) is 5.56 Å². The number of H-pyrrole nitrogens is 1. The summed E-state index contributed by atoms with van der Waals surface area (Å²) in [5, 5.41) is 11.3. The number of hydrogen-bond acceptors (Lipinski definition) is 4. The molecule has 6 nitrogen and oxygen atoms in total. The quantitative estimate of drug-likeness (QED) is 0.823. The lowest BCUT2D eigenvalue weighted by Gasteiger charge is -2.07. The molecule has 3 N–H and O–H groups in total. The van der Waals surface area contributed by atoms with Crippen LogP contribution in [0.2, 0.25) is 0 Å². The van der Waals surface area contributed by atoms with E-state index in [0.29, 0.717) is 16.7 Å². The average molecular weight is 235 g/mol. The van der Waals surface area contributed by atoms with Crippen LogP contribution in [-0.4, -0.2) is 20.0 Å². The van der Waals surface area contributed by atoms with Crippen molar-refractivity contribution in [1.29, 1.82) is 0 Å². The van der Waals surface area contributed by atoms with Crippen LogP contribution in [0.1, 0.15) is 45.3 Å². The second-order valence-electron chi connectivity index (χ2n) is 4.74. The molecule has 0 bridgehead atoms. The lowest BCUT2D eigenvalue weighted by molar-refractivity contribution is 0.539. The molecule has 2 heterocycles. The number of aromatic nitrogens is 4. The van der Waals surface area contributed by atoms with Crippen LogP contribution in [0, 0.1) is 0 Å². The molecule has 0 aromatic carbocycles. The van der Waals surface area contributed by atoms with Gasteiger partial charge in [-0.15, -0.1) is 0 Å². The molecule has 2 aromatic heterocycles. The molecule has 0 amide bonds. The minimum Gasteiger partial charge on any atom is -0.380 e. The van der Waals surface area contributed by atoms with Crippen molar-refractivity contribution < 1.29 is 0 Å². The summed E-state index contributed by atoms with van der Waals surface area (Å²) in [6.45, 7) is 8.00. The Morgan fingerprint density at radius 2 is 1.94 bits per heavy atom. The summed E-state index contributed by atoms with van der Waals surface area (Å²) < 4.78 is 1.77. The highest BCUT2D eigenvalue weighted by Crippen LogP contribution is 2.26. The maximum Gasteiger partial charge on any atom is 0.275 e. The van der Waals surface area contributed by atoms with Crippen LogP contribution in [-0.2, 0) is 0 Å². The molecular weight excluding hydrogens is 218 g/mol. The van der Waals surface area contributed by atoms with E-state index in [9.17, 15) is 4.79 Å². The fourth-order valence-electron chi connectivity index (χ4n) is 1.92. The predicted octanol–water partition coefficient (Wildman–Crippen LogP) is 1.41. The number of nitrogens with two attached hydrogens (primary N) is 1. The largest absolute Gasteiger partial charge is 0.380 e. The summed E-state index contributed by atoms with van der Waals surface area (Å²) in [5.74, 6) is 0.480. The zero-order valence-electron chi connectivity index (χ0n) is 10.5. The third-order valence-electron chi connectivity index (χ3n) is 2.72. The smallest absolute Gasteiger partial charge is 0.275 e. The molecular formula is C11H17N5O. The molecule has 2 aromatic rings. The minimum atomic E-state index is -0.232. The maximum absolute atomic E-state index is 11.9. The zero-order valence-corrected chi connectivity index (χ0v) is 10.5. The van der Waals surface area contributed by atoms with Crippen LogP contribution < -0.4 is 11.3 Å². The highest BCUT2D eigenvalue weighted by Gasteiger charge is 2.20.